The van der Waals surface area contributed by atoms with Crippen LogP contribution in [0, 0.1) is 0 Å². The molecule has 0 radical (unpaired) electrons. The van der Waals surface area contributed by atoms with Crippen LogP contribution in [0.5, 0.6) is 0 Å². The first kappa shape index (κ1) is 14.2. The summed E-state index contributed by atoms with van der Waals surface area (Å²) in [5, 5.41) is 9.90. The molecule has 1 saturated heterocycles. The zero-order valence-corrected chi connectivity index (χ0v) is 11.8. The molecule has 0 bridgehead atoms. The van der Waals surface area contributed by atoms with Gasteiger partial charge in [0.25, 0.3) is 0 Å². The monoisotopic (exact) mass is 266 g/mol. The Kier molecular flexibility index (Phi) is 4.39. The smallest absolute Gasteiger partial charge is 0.161 e. The molecule has 106 valence electrons. The second-order valence-corrected chi connectivity index (χ2v) is 5.14. The summed E-state index contributed by atoms with van der Waals surface area (Å²) in [5.41, 5.74) is 1.81. The molecule has 0 spiro atoms. The minimum absolute atomic E-state index is 0.0792. The first-order valence-corrected chi connectivity index (χ1v) is 6.69. The van der Waals surface area contributed by atoms with Crippen molar-refractivity contribution in [2.45, 2.75) is 32.6 Å². The number of hydrogen-bond donors (Lipinski definition) is 1. The van der Waals surface area contributed by atoms with Crippen LogP contribution in [0.2, 0.25) is 0 Å². The van der Waals surface area contributed by atoms with E-state index in [1.54, 1.807) is 6.92 Å². The van der Waals surface area contributed by atoms with E-state index in [0.717, 1.165) is 24.3 Å². The number of rotatable bonds is 5. The third-order valence-corrected chi connectivity index (χ3v) is 3.59. The van der Waals surface area contributed by atoms with Crippen molar-refractivity contribution in [1.82, 2.24) is 9.47 Å². The Morgan fingerprint density at radius 2 is 2.26 bits per heavy atom. The number of ketones is 1. The number of Topliss-reactive ketones (excluding diaryl/α,β-unsaturated/α-hetero) is 1. The quantitative estimate of drug-likeness (QED) is 0.801. The number of β-amino-alcohol motifs (C(OH)–C–C–N with tert-alkyl or cyclic N) is 1. The van der Waals surface area contributed by atoms with E-state index < -0.39 is 6.10 Å². The molecule has 2 rings (SSSR count). The zero-order chi connectivity index (χ0) is 14.0. The van der Waals surface area contributed by atoms with Crippen LogP contribution in [0.1, 0.15) is 29.9 Å². The lowest BCUT2D eigenvalue weighted by Gasteiger charge is -2.15. The first-order valence-electron chi connectivity index (χ1n) is 6.69. The van der Waals surface area contributed by atoms with Crippen molar-refractivity contribution >= 4 is 5.78 Å². The molecule has 1 aliphatic heterocycles. The minimum atomic E-state index is -0.424. The molecule has 1 aromatic heterocycles. The average Bonchev–Trinajstić information content (AvgIpc) is 2.85. The van der Waals surface area contributed by atoms with Gasteiger partial charge in [0.2, 0.25) is 0 Å². The number of aromatic nitrogens is 1. The van der Waals surface area contributed by atoms with Gasteiger partial charge < -0.3 is 14.4 Å². The highest BCUT2D eigenvalue weighted by atomic mass is 16.5. The van der Waals surface area contributed by atoms with Crippen LogP contribution in [0.4, 0.5) is 0 Å². The predicted octanol–water partition coefficient (Wildman–Crippen LogP) is 0.809. The van der Waals surface area contributed by atoms with E-state index in [-0.39, 0.29) is 11.9 Å². The maximum absolute atomic E-state index is 11.4. The molecule has 0 amide bonds. The van der Waals surface area contributed by atoms with Gasteiger partial charge in [-0.2, -0.15) is 0 Å². The number of aliphatic hydroxyl groups is 1. The largest absolute Gasteiger partial charge is 0.389 e. The van der Waals surface area contributed by atoms with Crippen molar-refractivity contribution < 1.29 is 14.6 Å². The molecule has 0 saturated carbocycles. The van der Waals surface area contributed by atoms with Gasteiger partial charge >= 0.3 is 0 Å². The highest BCUT2D eigenvalue weighted by Crippen LogP contribution is 2.18. The molecule has 2 atom stereocenters. The number of nitrogens with zero attached hydrogens (tertiary/aromatic N) is 2. The van der Waals surface area contributed by atoms with Crippen molar-refractivity contribution in [1.29, 1.82) is 0 Å². The van der Waals surface area contributed by atoms with Crippen LogP contribution in [0.3, 0.4) is 0 Å². The van der Waals surface area contributed by atoms with Gasteiger partial charge in [0, 0.05) is 50.7 Å². The van der Waals surface area contributed by atoms with E-state index in [0.29, 0.717) is 13.2 Å². The predicted molar refractivity (Wildman–Crippen MR) is 72.1 cm³/mol. The maximum atomic E-state index is 11.4. The van der Waals surface area contributed by atoms with Crippen LogP contribution in [0.15, 0.2) is 12.3 Å². The van der Waals surface area contributed by atoms with Crippen LogP contribution in [0.25, 0.3) is 0 Å². The van der Waals surface area contributed by atoms with Crippen molar-refractivity contribution in [2.24, 2.45) is 7.05 Å². The van der Waals surface area contributed by atoms with Crippen molar-refractivity contribution in [3.8, 4) is 0 Å². The summed E-state index contributed by atoms with van der Waals surface area (Å²) < 4.78 is 7.47. The molecule has 1 aliphatic rings. The van der Waals surface area contributed by atoms with Crippen molar-refractivity contribution in [3.05, 3.63) is 23.5 Å². The second kappa shape index (κ2) is 5.86. The topological polar surface area (TPSA) is 54.7 Å². The van der Waals surface area contributed by atoms with E-state index >= 15 is 0 Å². The molecular formula is C14H22N2O3. The highest BCUT2D eigenvalue weighted by molar-refractivity contribution is 5.94. The van der Waals surface area contributed by atoms with Gasteiger partial charge in [-0.05, 0) is 19.9 Å². The molecule has 1 fully saturated rings. The number of carbonyl (C=O) groups is 1. The van der Waals surface area contributed by atoms with Crippen LogP contribution >= 0.6 is 0 Å². The van der Waals surface area contributed by atoms with Gasteiger partial charge in [-0.15, -0.1) is 0 Å². The van der Waals surface area contributed by atoms with E-state index in [4.69, 9.17) is 4.74 Å². The lowest BCUT2D eigenvalue weighted by atomic mass is 10.2. The molecule has 1 N–H and O–H groups in total. The highest BCUT2D eigenvalue weighted by Gasteiger charge is 2.31. The van der Waals surface area contributed by atoms with Gasteiger partial charge in [0.15, 0.2) is 5.78 Å². The average molecular weight is 266 g/mol. The summed E-state index contributed by atoms with van der Waals surface area (Å²) in [5.74, 6) is 0.0792. The Morgan fingerprint density at radius 3 is 2.84 bits per heavy atom. The Balaban J connectivity index is 2.00. The zero-order valence-electron chi connectivity index (χ0n) is 11.8. The van der Waals surface area contributed by atoms with Crippen LogP contribution in [-0.4, -0.2) is 52.3 Å². The fourth-order valence-corrected chi connectivity index (χ4v) is 2.53. The molecule has 0 aromatic carbocycles. The normalized spacial score (nSPS) is 24.0. The third-order valence-electron chi connectivity index (χ3n) is 3.59. The van der Waals surface area contributed by atoms with E-state index in [1.807, 2.05) is 30.8 Å². The number of likely N-dealkylation sites (tertiary alicyclic amines) is 1. The summed E-state index contributed by atoms with van der Waals surface area (Å²) in [6, 6.07) is 1.92. The molecular weight excluding hydrogens is 244 g/mol. The Labute approximate surface area is 113 Å². The van der Waals surface area contributed by atoms with E-state index in [2.05, 4.69) is 4.90 Å². The van der Waals surface area contributed by atoms with Crippen molar-refractivity contribution in [3.63, 3.8) is 0 Å². The fraction of sp³-hybridized carbons (Fsp3) is 0.643. The van der Waals surface area contributed by atoms with Gasteiger partial charge in [-0.1, -0.05) is 0 Å². The fourth-order valence-electron chi connectivity index (χ4n) is 2.53. The standard InChI is InChI=1S/C14H22N2O3/c1-4-19-14-9-16(8-13(14)18)7-12-5-11(10(2)17)6-15(12)3/h5-6,13-14,18H,4,7-9H2,1-3H3/t13-,14-/m1/s1. The Morgan fingerprint density at radius 1 is 1.53 bits per heavy atom. The first-order chi connectivity index (χ1) is 9.01. The summed E-state index contributed by atoms with van der Waals surface area (Å²) in [7, 11) is 1.94. The second-order valence-electron chi connectivity index (χ2n) is 5.14. The van der Waals surface area contributed by atoms with Crippen molar-refractivity contribution in [2.75, 3.05) is 19.7 Å². The van der Waals surface area contributed by atoms with Crippen LogP contribution in [-0.2, 0) is 18.3 Å². The minimum Gasteiger partial charge on any atom is -0.389 e. The van der Waals surface area contributed by atoms with Gasteiger partial charge in [0.1, 0.15) is 0 Å². The molecule has 2 heterocycles. The number of aryl methyl sites for hydroxylation is 1. The van der Waals surface area contributed by atoms with Gasteiger partial charge in [-0.25, -0.2) is 0 Å². The molecule has 0 aliphatic carbocycles. The molecule has 1 aromatic rings. The summed E-state index contributed by atoms with van der Waals surface area (Å²) >= 11 is 0. The van der Waals surface area contributed by atoms with Gasteiger partial charge in [-0.3, -0.25) is 9.69 Å². The summed E-state index contributed by atoms with van der Waals surface area (Å²) in [4.78, 5) is 13.5. The summed E-state index contributed by atoms with van der Waals surface area (Å²) in [6.45, 7) is 6.20. The molecule has 19 heavy (non-hydrogen) atoms. The summed E-state index contributed by atoms with van der Waals surface area (Å²) in [6.07, 6.45) is 1.33. The Bertz CT molecular complexity index is 456. The number of aliphatic hydroxyl groups excluding tert-OH is 1. The Hall–Kier alpha value is -1.17. The molecule has 5 nitrogen and oxygen atoms in total. The maximum Gasteiger partial charge on any atom is 0.161 e. The van der Waals surface area contributed by atoms with E-state index in [1.165, 1.54) is 0 Å². The number of carbonyl (C=O) groups excluding carboxylic acids is 1. The van der Waals surface area contributed by atoms with E-state index in [9.17, 15) is 9.90 Å². The lowest BCUT2D eigenvalue weighted by Crippen LogP contribution is -2.26. The molecule has 5 heteroatoms. The SMILES string of the molecule is CCO[C@@H]1CN(Cc2cc(C(C)=O)cn2C)C[C@H]1O. The number of hydrogen-bond acceptors (Lipinski definition) is 4. The van der Waals surface area contributed by atoms with Crippen LogP contribution < -0.4 is 0 Å². The number of ether oxygens (including phenoxy) is 1. The van der Waals surface area contributed by atoms with Gasteiger partial charge in [0.05, 0.1) is 12.2 Å². The lowest BCUT2D eigenvalue weighted by molar-refractivity contribution is -0.00245. The molecule has 0 unspecified atom stereocenters. The third kappa shape index (κ3) is 3.23.